The second kappa shape index (κ2) is 8.35. The van der Waals surface area contributed by atoms with Crippen LogP contribution < -0.4 is 11.5 Å². The van der Waals surface area contributed by atoms with E-state index in [1.807, 2.05) is 0 Å². The summed E-state index contributed by atoms with van der Waals surface area (Å²) in [4.78, 5) is 2.54. The summed E-state index contributed by atoms with van der Waals surface area (Å²) in [7, 11) is 0. The molecule has 0 aromatic heterocycles. The Hall–Kier alpha value is -1.36. The van der Waals surface area contributed by atoms with Crippen molar-refractivity contribution in [2.45, 2.75) is 63.7 Å². The maximum atomic E-state index is 13.7. The van der Waals surface area contributed by atoms with E-state index in [-0.39, 0.29) is 17.3 Å². The molecule has 1 aliphatic heterocycles. The standard InChI is InChI=1S/C20H31F2N3/c21-17-12-16(19(23)20(24)18(17)22)15-8-10-25(11-9-15)13-14-6-4-2-1-3-5-7-14/h12,14-15H,1-11,13,23-24H2. The van der Waals surface area contributed by atoms with Gasteiger partial charge in [-0.25, -0.2) is 8.78 Å². The maximum Gasteiger partial charge on any atom is 0.183 e. The third kappa shape index (κ3) is 4.43. The molecule has 0 radical (unpaired) electrons. The number of nitrogens with two attached hydrogens (primary N) is 2. The van der Waals surface area contributed by atoms with Crippen LogP contribution in [-0.4, -0.2) is 24.5 Å². The summed E-state index contributed by atoms with van der Waals surface area (Å²) in [5.41, 5.74) is 12.2. The number of benzene rings is 1. The van der Waals surface area contributed by atoms with E-state index in [9.17, 15) is 8.78 Å². The monoisotopic (exact) mass is 351 g/mol. The number of halogens is 2. The van der Waals surface area contributed by atoms with Crippen LogP contribution in [0.1, 0.15) is 69.3 Å². The molecule has 1 saturated heterocycles. The van der Waals surface area contributed by atoms with Crippen molar-refractivity contribution in [1.82, 2.24) is 4.90 Å². The Bertz CT molecular complexity index is 575. The summed E-state index contributed by atoms with van der Waals surface area (Å²) in [5, 5.41) is 0. The highest BCUT2D eigenvalue weighted by atomic mass is 19.2. The summed E-state index contributed by atoms with van der Waals surface area (Å²) >= 11 is 0. The fourth-order valence-electron chi connectivity index (χ4n) is 4.53. The number of rotatable bonds is 3. The zero-order valence-electron chi connectivity index (χ0n) is 15.1. The number of nitrogens with zero attached hydrogens (tertiary/aromatic N) is 1. The first-order valence-electron chi connectivity index (χ1n) is 9.81. The highest BCUT2D eigenvalue weighted by Crippen LogP contribution is 2.37. The molecule has 1 saturated carbocycles. The van der Waals surface area contributed by atoms with Crippen LogP contribution in [0.2, 0.25) is 0 Å². The lowest BCUT2D eigenvalue weighted by Gasteiger charge is -2.35. The van der Waals surface area contributed by atoms with E-state index < -0.39 is 11.6 Å². The topological polar surface area (TPSA) is 55.3 Å². The van der Waals surface area contributed by atoms with Gasteiger partial charge in [-0.3, -0.25) is 0 Å². The smallest absolute Gasteiger partial charge is 0.183 e. The molecule has 0 bridgehead atoms. The van der Waals surface area contributed by atoms with Crippen LogP contribution in [0.5, 0.6) is 0 Å². The predicted octanol–water partition coefficient (Wildman–Crippen LogP) is 4.67. The van der Waals surface area contributed by atoms with E-state index >= 15 is 0 Å². The zero-order valence-corrected chi connectivity index (χ0v) is 15.1. The molecule has 2 aliphatic rings. The molecule has 2 fully saturated rings. The van der Waals surface area contributed by atoms with Crippen molar-refractivity contribution >= 4 is 11.4 Å². The quantitative estimate of drug-likeness (QED) is 0.778. The first kappa shape index (κ1) is 18.4. The van der Waals surface area contributed by atoms with Crippen LogP contribution in [0.3, 0.4) is 0 Å². The lowest BCUT2D eigenvalue weighted by atomic mass is 9.86. The minimum atomic E-state index is -1.03. The lowest BCUT2D eigenvalue weighted by Crippen LogP contribution is -2.37. The molecule has 1 heterocycles. The molecular weight excluding hydrogens is 320 g/mol. The molecule has 140 valence electrons. The average molecular weight is 351 g/mol. The number of hydrogen-bond donors (Lipinski definition) is 2. The Kier molecular flexibility index (Phi) is 6.15. The van der Waals surface area contributed by atoms with Gasteiger partial charge in [0.05, 0.1) is 11.4 Å². The first-order valence-corrected chi connectivity index (χ1v) is 9.81. The van der Waals surface area contributed by atoms with Crippen LogP contribution in [-0.2, 0) is 0 Å². The van der Waals surface area contributed by atoms with E-state index in [0.717, 1.165) is 31.8 Å². The van der Waals surface area contributed by atoms with Crippen molar-refractivity contribution in [3.05, 3.63) is 23.3 Å². The minimum Gasteiger partial charge on any atom is -0.397 e. The molecule has 1 aromatic carbocycles. The van der Waals surface area contributed by atoms with Gasteiger partial charge in [-0.2, -0.15) is 0 Å². The van der Waals surface area contributed by atoms with Crippen molar-refractivity contribution in [2.24, 2.45) is 5.92 Å². The minimum absolute atomic E-state index is 0.172. The molecule has 25 heavy (non-hydrogen) atoms. The average Bonchev–Trinajstić information content (AvgIpc) is 2.59. The van der Waals surface area contributed by atoms with Gasteiger partial charge in [-0.15, -0.1) is 0 Å². The number of nitrogen functional groups attached to an aromatic ring is 2. The number of likely N-dealkylation sites (tertiary alicyclic amines) is 1. The number of anilines is 2. The molecule has 0 spiro atoms. The normalized spacial score (nSPS) is 21.8. The Labute approximate surface area is 149 Å². The maximum absolute atomic E-state index is 13.7. The predicted molar refractivity (Wildman–Crippen MR) is 99.4 cm³/mol. The second-order valence-corrected chi connectivity index (χ2v) is 7.87. The summed E-state index contributed by atoms with van der Waals surface area (Å²) in [6, 6.07) is 1.25. The van der Waals surface area contributed by atoms with Gasteiger partial charge >= 0.3 is 0 Å². The lowest BCUT2D eigenvalue weighted by molar-refractivity contribution is 0.169. The van der Waals surface area contributed by atoms with Crippen LogP contribution >= 0.6 is 0 Å². The van der Waals surface area contributed by atoms with Gasteiger partial charge in [-0.1, -0.05) is 32.1 Å². The Morgan fingerprint density at radius 1 is 0.880 bits per heavy atom. The van der Waals surface area contributed by atoms with Crippen molar-refractivity contribution in [2.75, 3.05) is 31.1 Å². The summed E-state index contributed by atoms with van der Waals surface area (Å²) < 4.78 is 27.2. The molecule has 3 nitrogen and oxygen atoms in total. The molecule has 0 amide bonds. The summed E-state index contributed by atoms with van der Waals surface area (Å²) in [5.74, 6) is -0.923. The summed E-state index contributed by atoms with van der Waals surface area (Å²) in [6.45, 7) is 3.18. The highest BCUT2D eigenvalue weighted by molar-refractivity contribution is 5.69. The Morgan fingerprint density at radius 2 is 1.48 bits per heavy atom. The molecule has 0 unspecified atom stereocenters. The molecular formula is C20H31F2N3. The van der Waals surface area contributed by atoms with E-state index in [4.69, 9.17) is 11.5 Å². The van der Waals surface area contributed by atoms with Crippen molar-refractivity contribution < 1.29 is 8.78 Å². The number of hydrogen-bond acceptors (Lipinski definition) is 3. The van der Waals surface area contributed by atoms with Crippen LogP contribution in [0.4, 0.5) is 20.2 Å². The SMILES string of the molecule is Nc1c(C2CCN(CC3CCCCCCC3)CC2)cc(F)c(F)c1N. The van der Waals surface area contributed by atoms with Gasteiger partial charge < -0.3 is 16.4 Å². The van der Waals surface area contributed by atoms with Gasteiger partial charge in [0.2, 0.25) is 0 Å². The molecule has 4 N–H and O–H groups in total. The van der Waals surface area contributed by atoms with E-state index in [0.29, 0.717) is 5.56 Å². The van der Waals surface area contributed by atoms with Gasteiger partial charge in [0.15, 0.2) is 11.6 Å². The van der Waals surface area contributed by atoms with Crippen LogP contribution in [0, 0.1) is 17.6 Å². The molecule has 1 aliphatic carbocycles. The highest BCUT2D eigenvalue weighted by Gasteiger charge is 2.26. The van der Waals surface area contributed by atoms with Crippen molar-refractivity contribution in [1.29, 1.82) is 0 Å². The largest absolute Gasteiger partial charge is 0.397 e. The first-order chi connectivity index (χ1) is 12.1. The second-order valence-electron chi connectivity index (χ2n) is 7.87. The van der Waals surface area contributed by atoms with Gasteiger partial charge in [0, 0.05) is 6.54 Å². The van der Waals surface area contributed by atoms with E-state index in [2.05, 4.69) is 4.90 Å². The number of piperidine rings is 1. The fourth-order valence-corrected chi connectivity index (χ4v) is 4.53. The Morgan fingerprint density at radius 3 is 2.12 bits per heavy atom. The Balaban J connectivity index is 1.57. The fraction of sp³-hybridized carbons (Fsp3) is 0.700. The van der Waals surface area contributed by atoms with E-state index in [1.165, 1.54) is 57.6 Å². The van der Waals surface area contributed by atoms with Gasteiger partial charge in [0.25, 0.3) is 0 Å². The third-order valence-corrected chi connectivity index (χ3v) is 6.10. The van der Waals surface area contributed by atoms with E-state index in [1.54, 1.807) is 0 Å². The van der Waals surface area contributed by atoms with Crippen LogP contribution in [0.25, 0.3) is 0 Å². The summed E-state index contributed by atoms with van der Waals surface area (Å²) in [6.07, 6.45) is 11.5. The zero-order chi connectivity index (χ0) is 17.8. The molecule has 0 atom stereocenters. The van der Waals surface area contributed by atoms with Gasteiger partial charge in [0.1, 0.15) is 0 Å². The third-order valence-electron chi connectivity index (χ3n) is 6.10. The molecule has 1 aromatic rings. The molecule has 3 rings (SSSR count). The van der Waals surface area contributed by atoms with Crippen molar-refractivity contribution in [3.63, 3.8) is 0 Å². The van der Waals surface area contributed by atoms with Crippen molar-refractivity contribution in [3.8, 4) is 0 Å². The van der Waals surface area contributed by atoms with Crippen LogP contribution in [0.15, 0.2) is 6.07 Å². The molecule has 5 heteroatoms. The van der Waals surface area contributed by atoms with Gasteiger partial charge in [-0.05, 0) is 62.2 Å².